The van der Waals surface area contributed by atoms with Crippen LogP contribution in [0.3, 0.4) is 0 Å². The summed E-state index contributed by atoms with van der Waals surface area (Å²) in [7, 11) is -3.98. The highest BCUT2D eigenvalue weighted by Gasteiger charge is 2.19. The number of benzene rings is 1. The van der Waals surface area contributed by atoms with Crippen molar-refractivity contribution in [2.45, 2.75) is 31.3 Å². The van der Waals surface area contributed by atoms with Crippen LogP contribution in [-0.4, -0.2) is 13.4 Å². The predicted molar refractivity (Wildman–Crippen MR) is 74.2 cm³/mol. The molecule has 0 saturated heterocycles. The molecule has 21 heavy (non-hydrogen) atoms. The topological polar surface area (TPSA) is 98.2 Å². The molecule has 0 radical (unpaired) electrons. The fraction of sp³-hybridized carbons (Fsp3) is 0.308. The molecule has 0 aliphatic carbocycles. The lowest BCUT2D eigenvalue weighted by Gasteiger charge is -2.07. The summed E-state index contributed by atoms with van der Waals surface area (Å²) in [4.78, 5) is 3.50. The monoisotopic (exact) mass is 313 g/mol. The second-order valence-corrected chi connectivity index (χ2v) is 6.10. The van der Waals surface area contributed by atoms with Crippen LogP contribution in [-0.2, 0) is 29.5 Å². The van der Waals surface area contributed by atoms with Gasteiger partial charge in [-0.2, -0.15) is 0 Å². The summed E-state index contributed by atoms with van der Waals surface area (Å²) in [5.41, 5.74) is 5.90. The summed E-state index contributed by atoms with van der Waals surface area (Å²) in [5, 5.41) is 0. The quantitative estimate of drug-likeness (QED) is 0.838. The minimum atomic E-state index is -3.98. The summed E-state index contributed by atoms with van der Waals surface area (Å²) >= 11 is 0. The van der Waals surface area contributed by atoms with E-state index in [1.54, 1.807) is 0 Å². The number of nitrogens with two attached hydrogens (primary N) is 1. The molecule has 3 N–H and O–H groups in total. The molecule has 0 atom stereocenters. The van der Waals surface area contributed by atoms with Crippen LogP contribution in [0, 0.1) is 5.82 Å². The van der Waals surface area contributed by atoms with Crippen molar-refractivity contribution in [1.82, 2.24) is 9.71 Å². The smallest absolute Gasteiger partial charge is 0.243 e. The van der Waals surface area contributed by atoms with Gasteiger partial charge in [0, 0.05) is 13.0 Å². The molecule has 1 aromatic heterocycles. The molecule has 1 heterocycles. The second-order valence-electron chi connectivity index (χ2n) is 4.37. The molecule has 0 aliphatic rings. The fourth-order valence-corrected chi connectivity index (χ4v) is 2.75. The molecular weight excluding hydrogens is 297 g/mol. The molecule has 6 nitrogen and oxygen atoms in total. The van der Waals surface area contributed by atoms with Crippen LogP contribution in [0.25, 0.3) is 0 Å². The van der Waals surface area contributed by atoms with Gasteiger partial charge in [0.1, 0.15) is 16.5 Å². The number of aromatic nitrogens is 1. The van der Waals surface area contributed by atoms with Crippen molar-refractivity contribution in [2.24, 2.45) is 5.73 Å². The van der Waals surface area contributed by atoms with Gasteiger partial charge in [0.2, 0.25) is 15.9 Å². The largest absolute Gasteiger partial charge is 0.444 e. The molecule has 0 spiro atoms. The standard InChI is InChI=1S/C13H16FN3O3S/c1-2-10-7-16-13(20-10)8-17-21(18,19)12-4-3-9(6-15)5-11(12)14/h3-5,7,17H,2,6,8,15H2,1H3. The maximum atomic E-state index is 13.8. The zero-order valence-electron chi connectivity index (χ0n) is 11.5. The average molecular weight is 313 g/mol. The Kier molecular flexibility index (Phi) is 4.71. The lowest BCUT2D eigenvalue weighted by molar-refractivity contribution is 0.451. The van der Waals surface area contributed by atoms with Crippen LogP contribution < -0.4 is 10.5 Å². The van der Waals surface area contributed by atoms with E-state index < -0.39 is 20.7 Å². The van der Waals surface area contributed by atoms with Gasteiger partial charge in [-0.25, -0.2) is 22.5 Å². The lowest BCUT2D eigenvalue weighted by Crippen LogP contribution is -2.24. The van der Waals surface area contributed by atoms with E-state index in [4.69, 9.17) is 10.2 Å². The van der Waals surface area contributed by atoms with Gasteiger partial charge in [-0.3, -0.25) is 0 Å². The van der Waals surface area contributed by atoms with E-state index in [1.807, 2.05) is 6.92 Å². The maximum absolute atomic E-state index is 13.8. The van der Waals surface area contributed by atoms with E-state index in [0.29, 0.717) is 17.7 Å². The summed E-state index contributed by atoms with van der Waals surface area (Å²) in [6, 6.07) is 3.76. The molecule has 8 heteroatoms. The Morgan fingerprint density at radius 1 is 1.43 bits per heavy atom. The lowest BCUT2D eigenvalue weighted by atomic mass is 10.2. The first-order valence-electron chi connectivity index (χ1n) is 6.38. The molecule has 1 aromatic carbocycles. The number of rotatable bonds is 6. The predicted octanol–water partition coefficient (Wildman–Crippen LogP) is 1.31. The molecule has 2 aromatic rings. The van der Waals surface area contributed by atoms with E-state index in [-0.39, 0.29) is 19.0 Å². The van der Waals surface area contributed by atoms with Crippen molar-refractivity contribution >= 4 is 10.0 Å². The van der Waals surface area contributed by atoms with Crippen molar-refractivity contribution < 1.29 is 17.2 Å². The Balaban J connectivity index is 2.14. The minimum Gasteiger partial charge on any atom is -0.444 e. The Morgan fingerprint density at radius 2 is 2.19 bits per heavy atom. The van der Waals surface area contributed by atoms with Gasteiger partial charge < -0.3 is 10.2 Å². The molecule has 0 unspecified atom stereocenters. The number of hydrogen-bond acceptors (Lipinski definition) is 5. The number of hydrogen-bond donors (Lipinski definition) is 2. The van der Waals surface area contributed by atoms with Gasteiger partial charge in [0.15, 0.2) is 0 Å². The van der Waals surface area contributed by atoms with E-state index in [9.17, 15) is 12.8 Å². The SMILES string of the molecule is CCc1cnc(CNS(=O)(=O)c2ccc(CN)cc2F)o1. The van der Waals surface area contributed by atoms with Crippen LogP contribution >= 0.6 is 0 Å². The molecule has 0 aliphatic heterocycles. The molecule has 0 bridgehead atoms. The molecule has 114 valence electrons. The van der Waals surface area contributed by atoms with Crippen LogP contribution in [0.5, 0.6) is 0 Å². The number of halogens is 1. The van der Waals surface area contributed by atoms with Gasteiger partial charge >= 0.3 is 0 Å². The summed E-state index contributed by atoms with van der Waals surface area (Å²) in [6.07, 6.45) is 2.19. The third-order valence-corrected chi connectivity index (χ3v) is 4.32. The molecule has 2 rings (SSSR count). The van der Waals surface area contributed by atoms with Crippen LogP contribution in [0.2, 0.25) is 0 Å². The number of sulfonamides is 1. The third kappa shape index (κ3) is 3.66. The number of oxazole rings is 1. The summed E-state index contributed by atoms with van der Waals surface area (Å²) in [6.45, 7) is 1.89. The van der Waals surface area contributed by atoms with Gasteiger partial charge in [-0.15, -0.1) is 0 Å². The van der Waals surface area contributed by atoms with Gasteiger partial charge in [-0.05, 0) is 17.7 Å². The first-order chi connectivity index (χ1) is 9.96. The van der Waals surface area contributed by atoms with Crippen LogP contribution in [0.1, 0.15) is 24.1 Å². The zero-order valence-corrected chi connectivity index (χ0v) is 12.3. The Morgan fingerprint density at radius 3 is 2.76 bits per heavy atom. The zero-order chi connectivity index (χ0) is 15.5. The summed E-state index contributed by atoms with van der Waals surface area (Å²) < 4.78 is 45.4. The Labute approximate surface area is 122 Å². The molecule has 0 saturated carbocycles. The van der Waals surface area contributed by atoms with Gasteiger partial charge in [-0.1, -0.05) is 13.0 Å². The molecule has 0 fully saturated rings. The van der Waals surface area contributed by atoms with Crippen molar-refractivity contribution in [3.63, 3.8) is 0 Å². The molecule has 0 amide bonds. The highest BCUT2D eigenvalue weighted by molar-refractivity contribution is 7.89. The number of nitrogens with one attached hydrogen (secondary N) is 1. The average Bonchev–Trinajstić information content (AvgIpc) is 2.93. The third-order valence-electron chi connectivity index (χ3n) is 2.88. The van der Waals surface area contributed by atoms with E-state index in [0.717, 1.165) is 6.07 Å². The highest BCUT2D eigenvalue weighted by atomic mass is 32.2. The minimum absolute atomic E-state index is 0.138. The Bertz CT molecular complexity index is 728. The van der Waals surface area contributed by atoms with Crippen molar-refractivity contribution in [2.75, 3.05) is 0 Å². The highest BCUT2D eigenvalue weighted by Crippen LogP contribution is 2.16. The van der Waals surface area contributed by atoms with E-state index in [2.05, 4.69) is 9.71 Å². The van der Waals surface area contributed by atoms with E-state index in [1.165, 1.54) is 18.3 Å². The van der Waals surface area contributed by atoms with Crippen LogP contribution in [0.4, 0.5) is 4.39 Å². The van der Waals surface area contributed by atoms with E-state index >= 15 is 0 Å². The number of nitrogens with zero attached hydrogens (tertiary/aromatic N) is 1. The molecular formula is C13H16FN3O3S. The van der Waals surface area contributed by atoms with Gasteiger partial charge in [0.05, 0.1) is 12.7 Å². The van der Waals surface area contributed by atoms with Crippen molar-refractivity contribution in [1.29, 1.82) is 0 Å². The van der Waals surface area contributed by atoms with Crippen molar-refractivity contribution in [3.8, 4) is 0 Å². The fourth-order valence-electron chi connectivity index (χ4n) is 1.72. The van der Waals surface area contributed by atoms with Crippen molar-refractivity contribution in [3.05, 3.63) is 47.4 Å². The maximum Gasteiger partial charge on any atom is 0.243 e. The van der Waals surface area contributed by atoms with Crippen LogP contribution in [0.15, 0.2) is 33.7 Å². The normalized spacial score (nSPS) is 11.8. The number of aryl methyl sites for hydroxylation is 1. The Hall–Kier alpha value is -1.77. The second kappa shape index (κ2) is 6.33. The first-order valence-corrected chi connectivity index (χ1v) is 7.86. The first kappa shape index (κ1) is 15.6. The summed E-state index contributed by atoms with van der Waals surface area (Å²) in [5.74, 6) is 0.0455. The van der Waals surface area contributed by atoms with Gasteiger partial charge in [0.25, 0.3) is 0 Å².